The van der Waals surface area contributed by atoms with Gasteiger partial charge in [0.1, 0.15) is 17.9 Å². The van der Waals surface area contributed by atoms with Crippen molar-refractivity contribution in [2.24, 2.45) is 5.92 Å². The molecule has 0 N–H and O–H groups in total. The van der Waals surface area contributed by atoms with Gasteiger partial charge in [0, 0.05) is 30.6 Å². The summed E-state index contributed by atoms with van der Waals surface area (Å²) in [6.45, 7) is 3.22. The molecule has 3 atom stereocenters. The van der Waals surface area contributed by atoms with Gasteiger partial charge in [0.15, 0.2) is 5.69 Å². The first kappa shape index (κ1) is 18.4. The van der Waals surface area contributed by atoms with E-state index in [0.29, 0.717) is 29.6 Å². The number of benzene rings is 1. The number of carbonyl (C=O) groups excluding carboxylic acids is 1. The van der Waals surface area contributed by atoms with Crippen LogP contribution < -0.4 is 9.64 Å². The molecule has 4 aliphatic heterocycles. The molecule has 29 heavy (non-hydrogen) atoms. The lowest BCUT2D eigenvalue weighted by molar-refractivity contribution is 0.0354. The van der Waals surface area contributed by atoms with Crippen molar-refractivity contribution in [2.45, 2.75) is 30.8 Å². The second kappa shape index (κ2) is 7.30. The molecule has 5 heterocycles. The van der Waals surface area contributed by atoms with Crippen LogP contribution in [0, 0.1) is 5.92 Å². The monoisotopic (exact) mass is 394 g/mol. The van der Waals surface area contributed by atoms with Crippen LogP contribution in [0.4, 0.5) is 5.82 Å². The number of piperidine rings is 3. The quantitative estimate of drug-likeness (QED) is 0.738. The molecule has 2 bridgehead atoms. The number of rotatable bonds is 4. The van der Waals surface area contributed by atoms with Crippen LogP contribution in [0.3, 0.4) is 0 Å². The molecule has 0 amide bonds. The lowest BCUT2D eigenvalue weighted by Crippen LogP contribution is -2.60. The van der Waals surface area contributed by atoms with Gasteiger partial charge in [-0.15, -0.1) is 0 Å². The maximum atomic E-state index is 12.0. The van der Waals surface area contributed by atoms with E-state index in [-0.39, 0.29) is 0 Å². The van der Waals surface area contributed by atoms with Gasteiger partial charge in [-0.25, -0.2) is 14.8 Å². The van der Waals surface area contributed by atoms with Gasteiger partial charge >= 0.3 is 5.97 Å². The summed E-state index contributed by atoms with van der Waals surface area (Å²) >= 11 is 0. The van der Waals surface area contributed by atoms with Crippen LogP contribution in [-0.2, 0) is 4.74 Å². The van der Waals surface area contributed by atoms with Gasteiger partial charge in [-0.1, -0.05) is 12.1 Å². The Kier molecular flexibility index (Phi) is 4.62. The lowest BCUT2D eigenvalue weighted by atomic mass is 9.75. The topological polar surface area (TPSA) is 67.8 Å². The molecule has 7 nitrogen and oxygen atoms in total. The molecule has 0 spiro atoms. The Hall–Kier alpha value is -2.67. The number of ether oxygens (including phenoxy) is 2. The molecule has 0 radical (unpaired) electrons. The minimum Gasteiger partial charge on any atom is -0.497 e. The zero-order valence-corrected chi connectivity index (χ0v) is 16.8. The van der Waals surface area contributed by atoms with Crippen molar-refractivity contribution < 1.29 is 14.3 Å². The molecule has 1 aromatic heterocycles. The number of aromatic nitrogens is 2. The molecule has 7 heteroatoms. The van der Waals surface area contributed by atoms with Crippen LogP contribution in [0.1, 0.15) is 34.8 Å². The molecule has 0 aliphatic carbocycles. The van der Waals surface area contributed by atoms with E-state index in [4.69, 9.17) is 9.47 Å². The number of hydrogen-bond acceptors (Lipinski definition) is 7. The fraction of sp³-hybridized carbons (Fsp3) is 0.500. The predicted molar refractivity (Wildman–Crippen MR) is 108 cm³/mol. The third kappa shape index (κ3) is 3.04. The van der Waals surface area contributed by atoms with E-state index in [1.807, 2.05) is 12.1 Å². The van der Waals surface area contributed by atoms with Crippen molar-refractivity contribution >= 4 is 11.8 Å². The molecule has 0 saturated carbocycles. The van der Waals surface area contributed by atoms with Crippen molar-refractivity contribution in [1.29, 1.82) is 0 Å². The second-order valence-corrected chi connectivity index (χ2v) is 8.14. The standard InChI is InChI=1S/C22H26N4O3/c1-28-16-5-3-14(4-6-16)17-12-26(19-11-18(22(27)29-2)23-13-24-19)20-15-7-9-25(10-8-15)21(17)20/h3-6,11,13,15,17,20-21H,7-10,12H2,1-2H3/t17-,20+,21+/m0/s1. The first-order chi connectivity index (χ1) is 14.2. The Labute approximate surface area is 170 Å². The number of hydrogen-bond donors (Lipinski definition) is 0. The van der Waals surface area contributed by atoms with E-state index in [1.165, 1.54) is 44.9 Å². The summed E-state index contributed by atoms with van der Waals surface area (Å²) in [7, 11) is 3.07. The van der Waals surface area contributed by atoms with Crippen LogP contribution in [-0.4, -0.2) is 66.8 Å². The smallest absolute Gasteiger partial charge is 0.356 e. The molecule has 4 fully saturated rings. The highest BCUT2D eigenvalue weighted by atomic mass is 16.5. The van der Waals surface area contributed by atoms with Gasteiger partial charge in [0.25, 0.3) is 0 Å². The van der Waals surface area contributed by atoms with Gasteiger partial charge in [-0.2, -0.15) is 0 Å². The molecular weight excluding hydrogens is 368 g/mol. The average Bonchev–Trinajstić information content (AvgIpc) is 3.22. The van der Waals surface area contributed by atoms with Crippen LogP contribution >= 0.6 is 0 Å². The van der Waals surface area contributed by atoms with Crippen LogP contribution in [0.15, 0.2) is 36.7 Å². The van der Waals surface area contributed by atoms with E-state index in [2.05, 4.69) is 31.9 Å². The summed E-state index contributed by atoms with van der Waals surface area (Å²) in [5, 5.41) is 0. The van der Waals surface area contributed by atoms with Gasteiger partial charge in [-0.3, -0.25) is 4.90 Å². The SMILES string of the molecule is COC(=O)c1cc(N2C[C@@H](c3ccc(OC)cc3)[C@@H]3[C@H]2C2CCN3CC2)ncn1. The fourth-order valence-corrected chi connectivity index (χ4v) is 5.55. The summed E-state index contributed by atoms with van der Waals surface area (Å²) in [4.78, 5) is 25.7. The van der Waals surface area contributed by atoms with Crippen molar-refractivity contribution in [3.63, 3.8) is 0 Å². The van der Waals surface area contributed by atoms with E-state index < -0.39 is 5.97 Å². The van der Waals surface area contributed by atoms with Crippen molar-refractivity contribution in [3.8, 4) is 5.75 Å². The number of anilines is 1. The summed E-state index contributed by atoms with van der Waals surface area (Å²) in [5.41, 5.74) is 1.64. The first-order valence-electron chi connectivity index (χ1n) is 10.2. The molecule has 0 unspecified atom stereocenters. The van der Waals surface area contributed by atoms with Crippen LogP contribution in [0.25, 0.3) is 0 Å². The maximum Gasteiger partial charge on any atom is 0.356 e. The molecule has 4 saturated heterocycles. The summed E-state index contributed by atoms with van der Waals surface area (Å²) in [6.07, 6.45) is 3.92. The van der Waals surface area contributed by atoms with Gasteiger partial charge in [0.05, 0.1) is 14.2 Å². The largest absolute Gasteiger partial charge is 0.497 e. The summed E-state index contributed by atoms with van der Waals surface area (Å²) in [5.74, 6) is 2.32. The highest BCUT2D eigenvalue weighted by Gasteiger charge is 2.53. The van der Waals surface area contributed by atoms with Gasteiger partial charge in [-0.05, 0) is 49.5 Å². The maximum absolute atomic E-state index is 12.0. The third-order valence-electron chi connectivity index (χ3n) is 6.88. The van der Waals surface area contributed by atoms with Gasteiger partial charge < -0.3 is 14.4 Å². The van der Waals surface area contributed by atoms with E-state index >= 15 is 0 Å². The van der Waals surface area contributed by atoms with Crippen molar-refractivity contribution in [2.75, 3.05) is 38.8 Å². The summed E-state index contributed by atoms with van der Waals surface area (Å²) in [6, 6.07) is 11.1. The number of esters is 1. The molecular formula is C22H26N4O3. The Morgan fingerprint density at radius 2 is 1.83 bits per heavy atom. The van der Waals surface area contributed by atoms with Gasteiger partial charge in [0.2, 0.25) is 0 Å². The van der Waals surface area contributed by atoms with Crippen LogP contribution in [0.2, 0.25) is 0 Å². The molecule has 2 aromatic rings. The minimum atomic E-state index is -0.426. The highest BCUT2D eigenvalue weighted by molar-refractivity contribution is 5.87. The number of nitrogens with zero attached hydrogens (tertiary/aromatic N) is 4. The Balaban J connectivity index is 1.52. The minimum absolute atomic E-state index is 0.309. The van der Waals surface area contributed by atoms with Crippen molar-refractivity contribution in [3.05, 3.63) is 47.9 Å². The molecule has 6 rings (SSSR count). The average molecular weight is 394 g/mol. The summed E-state index contributed by atoms with van der Waals surface area (Å²) < 4.78 is 10.2. The van der Waals surface area contributed by atoms with E-state index in [9.17, 15) is 4.79 Å². The fourth-order valence-electron chi connectivity index (χ4n) is 5.55. The number of carbonyl (C=O) groups is 1. The van der Waals surface area contributed by atoms with Crippen LogP contribution in [0.5, 0.6) is 5.75 Å². The molecule has 1 aromatic carbocycles. The zero-order chi connectivity index (χ0) is 20.0. The Morgan fingerprint density at radius 3 is 2.52 bits per heavy atom. The van der Waals surface area contributed by atoms with E-state index in [1.54, 1.807) is 13.2 Å². The first-order valence-corrected chi connectivity index (χ1v) is 10.2. The number of fused-ring (bicyclic) bond motifs is 2. The Bertz CT molecular complexity index is 895. The normalized spacial score (nSPS) is 30.1. The Morgan fingerprint density at radius 1 is 1.07 bits per heavy atom. The lowest BCUT2D eigenvalue weighted by Gasteiger charge is -2.51. The molecule has 152 valence electrons. The number of methoxy groups -OCH3 is 2. The van der Waals surface area contributed by atoms with E-state index in [0.717, 1.165) is 18.1 Å². The third-order valence-corrected chi connectivity index (χ3v) is 6.88. The predicted octanol–water partition coefficient (Wildman–Crippen LogP) is 2.34. The van der Waals surface area contributed by atoms with Crippen molar-refractivity contribution in [1.82, 2.24) is 14.9 Å². The second-order valence-electron chi connectivity index (χ2n) is 8.14. The highest BCUT2D eigenvalue weighted by Crippen LogP contribution is 2.47. The zero-order valence-electron chi connectivity index (χ0n) is 16.8. The molecule has 4 aliphatic rings.